The van der Waals surface area contributed by atoms with E-state index in [1.165, 1.54) is 0 Å². The molecule has 1 atom stereocenters. The highest BCUT2D eigenvalue weighted by molar-refractivity contribution is 5.77. The number of rotatable bonds is 5. The van der Waals surface area contributed by atoms with Gasteiger partial charge in [0.25, 0.3) is 0 Å². The molecule has 1 aromatic carbocycles. The van der Waals surface area contributed by atoms with E-state index < -0.39 is 0 Å². The summed E-state index contributed by atoms with van der Waals surface area (Å²) in [6.45, 7) is 0.806. The standard InChI is InChI=1S/C17H22N4O2/c1-20-12-18-19-16(20)9-10-17(22)21-11-5-7-14(21)13-6-3-4-8-15(13)23-2/h3-4,6,8,12,14H,5,7,9-11H2,1-2H3/t14-/m0/s1. The Balaban J connectivity index is 1.71. The molecule has 1 fully saturated rings. The van der Waals surface area contributed by atoms with Gasteiger partial charge in [0.2, 0.25) is 5.91 Å². The molecule has 2 aromatic rings. The van der Waals surface area contributed by atoms with E-state index in [1.54, 1.807) is 13.4 Å². The molecule has 1 aliphatic heterocycles. The molecule has 0 spiro atoms. The Labute approximate surface area is 136 Å². The fourth-order valence-electron chi connectivity index (χ4n) is 3.23. The first kappa shape index (κ1) is 15.5. The Bertz CT molecular complexity index is 683. The molecule has 3 rings (SSSR count). The van der Waals surface area contributed by atoms with Gasteiger partial charge in [-0.3, -0.25) is 4.79 Å². The number of amides is 1. The zero-order chi connectivity index (χ0) is 16.2. The van der Waals surface area contributed by atoms with E-state index in [2.05, 4.69) is 16.3 Å². The van der Waals surface area contributed by atoms with Gasteiger partial charge in [0.1, 0.15) is 17.9 Å². The van der Waals surface area contributed by atoms with Gasteiger partial charge in [-0.1, -0.05) is 18.2 Å². The van der Waals surface area contributed by atoms with Crippen molar-refractivity contribution in [1.29, 1.82) is 0 Å². The first-order chi connectivity index (χ1) is 11.2. The molecule has 0 aliphatic carbocycles. The highest BCUT2D eigenvalue weighted by atomic mass is 16.5. The largest absolute Gasteiger partial charge is 0.496 e. The van der Waals surface area contributed by atoms with E-state index in [4.69, 9.17) is 4.74 Å². The number of ether oxygens (including phenoxy) is 1. The van der Waals surface area contributed by atoms with Gasteiger partial charge in [-0.2, -0.15) is 0 Å². The second-order valence-corrected chi connectivity index (χ2v) is 5.85. The van der Waals surface area contributed by atoms with Crippen molar-refractivity contribution in [2.45, 2.75) is 31.7 Å². The molecule has 1 aliphatic rings. The highest BCUT2D eigenvalue weighted by Gasteiger charge is 2.31. The van der Waals surface area contributed by atoms with Gasteiger partial charge in [0.15, 0.2) is 0 Å². The summed E-state index contributed by atoms with van der Waals surface area (Å²) in [6, 6.07) is 8.07. The molecular formula is C17H22N4O2. The minimum absolute atomic E-state index is 0.109. The number of carbonyl (C=O) groups is 1. The van der Waals surface area contributed by atoms with Crippen molar-refractivity contribution in [3.63, 3.8) is 0 Å². The third kappa shape index (κ3) is 3.21. The van der Waals surface area contributed by atoms with Crippen LogP contribution in [0.1, 0.15) is 36.7 Å². The Morgan fingerprint density at radius 3 is 2.96 bits per heavy atom. The van der Waals surface area contributed by atoms with Crippen LogP contribution < -0.4 is 4.74 Å². The number of aryl methyl sites for hydroxylation is 2. The Morgan fingerprint density at radius 1 is 1.39 bits per heavy atom. The van der Waals surface area contributed by atoms with Gasteiger partial charge in [-0.15, -0.1) is 10.2 Å². The molecule has 122 valence electrons. The molecule has 23 heavy (non-hydrogen) atoms. The van der Waals surface area contributed by atoms with Crippen LogP contribution in [0.25, 0.3) is 0 Å². The molecule has 6 heteroatoms. The number of hydrogen-bond donors (Lipinski definition) is 0. The third-order valence-electron chi connectivity index (χ3n) is 4.44. The normalized spacial score (nSPS) is 17.5. The summed E-state index contributed by atoms with van der Waals surface area (Å²) in [7, 11) is 3.57. The number of nitrogens with zero attached hydrogens (tertiary/aromatic N) is 4. The Morgan fingerprint density at radius 2 is 2.22 bits per heavy atom. The molecule has 1 aromatic heterocycles. The third-order valence-corrected chi connectivity index (χ3v) is 4.44. The molecular weight excluding hydrogens is 292 g/mol. The van der Waals surface area contributed by atoms with Gasteiger partial charge in [0, 0.05) is 32.0 Å². The summed E-state index contributed by atoms with van der Waals surface area (Å²) >= 11 is 0. The maximum absolute atomic E-state index is 12.7. The number of likely N-dealkylation sites (tertiary alicyclic amines) is 1. The zero-order valence-electron chi connectivity index (χ0n) is 13.6. The second-order valence-electron chi connectivity index (χ2n) is 5.85. The van der Waals surface area contributed by atoms with Crippen LogP contribution in [0.2, 0.25) is 0 Å². The van der Waals surface area contributed by atoms with Crippen molar-refractivity contribution >= 4 is 5.91 Å². The lowest BCUT2D eigenvalue weighted by atomic mass is 10.0. The molecule has 1 saturated heterocycles. The van der Waals surface area contributed by atoms with Crippen molar-refractivity contribution in [3.05, 3.63) is 42.0 Å². The van der Waals surface area contributed by atoms with Crippen LogP contribution >= 0.6 is 0 Å². The molecule has 1 amide bonds. The van der Waals surface area contributed by atoms with Crippen molar-refractivity contribution in [2.75, 3.05) is 13.7 Å². The van der Waals surface area contributed by atoms with Crippen molar-refractivity contribution < 1.29 is 9.53 Å². The summed E-state index contributed by atoms with van der Waals surface area (Å²) in [5.41, 5.74) is 1.10. The van der Waals surface area contributed by atoms with Crippen LogP contribution in [0.4, 0.5) is 0 Å². The van der Waals surface area contributed by atoms with Gasteiger partial charge in [0.05, 0.1) is 13.2 Å². The number of hydrogen-bond acceptors (Lipinski definition) is 4. The van der Waals surface area contributed by atoms with Gasteiger partial charge < -0.3 is 14.2 Å². The number of carbonyl (C=O) groups excluding carboxylic acids is 1. The molecule has 0 bridgehead atoms. The molecule has 0 unspecified atom stereocenters. The van der Waals surface area contributed by atoms with Gasteiger partial charge >= 0.3 is 0 Å². The van der Waals surface area contributed by atoms with Gasteiger partial charge in [-0.25, -0.2) is 0 Å². The SMILES string of the molecule is COc1ccccc1[C@@H]1CCCN1C(=O)CCc1nncn1C. The lowest BCUT2D eigenvalue weighted by Crippen LogP contribution is -2.31. The Hall–Kier alpha value is -2.37. The summed E-state index contributed by atoms with van der Waals surface area (Å²) in [4.78, 5) is 14.6. The maximum Gasteiger partial charge on any atom is 0.223 e. The quantitative estimate of drug-likeness (QED) is 0.848. The highest BCUT2D eigenvalue weighted by Crippen LogP contribution is 2.37. The second kappa shape index (κ2) is 6.81. The first-order valence-corrected chi connectivity index (χ1v) is 7.96. The minimum atomic E-state index is 0.109. The monoisotopic (exact) mass is 314 g/mol. The van der Waals surface area contributed by atoms with E-state index in [0.29, 0.717) is 12.8 Å². The van der Waals surface area contributed by atoms with Crippen molar-refractivity contribution in [3.8, 4) is 5.75 Å². The lowest BCUT2D eigenvalue weighted by Gasteiger charge is -2.26. The summed E-state index contributed by atoms with van der Waals surface area (Å²) in [5.74, 6) is 1.86. The molecule has 6 nitrogen and oxygen atoms in total. The summed E-state index contributed by atoms with van der Waals surface area (Å²) in [5, 5.41) is 7.90. The average molecular weight is 314 g/mol. The van der Waals surface area contributed by atoms with Crippen LogP contribution in [-0.2, 0) is 18.3 Å². The molecule has 2 heterocycles. The number of aromatic nitrogens is 3. The smallest absolute Gasteiger partial charge is 0.223 e. The predicted octanol–water partition coefficient (Wildman–Crippen LogP) is 2.12. The average Bonchev–Trinajstić information content (AvgIpc) is 3.21. The fourth-order valence-corrected chi connectivity index (χ4v) is 3.23. The number of benzene rings is 1. The van der Waals surface area contributed by atoms with Gasteiger partial charge in [-0.05, 0) is 18.9 Å². The van der Waals surface area contributed by atoms with Crippen LogP contribution in [0.5, 0.6) is 5.75 Å². The fraction of sp³-hybridized carbons (Fsp3) is 0.471. The van der Waals surface area contributed by atoms with Crippen LogP contribution in [0.15, 0.2) is 30.6 Å². The van der Waals surface area contributed by atoms with Crippen LogP contribution in [0, 0.1) is 0 Å². The topological polar surface area (TPSA) is 60.2 Å². The summed E-state index contributed by atoms with van der Waals surface area (Å²) < 4.78 is 7.32. The van der Waals surface area contributed by atoms with E-state index in [0.717, 1.165) is 36.5 Å². The number of para-hydroxylation sites is 1. The van der Waals surface area contributed by atoms with E-state index in [9.17, 15) is 4.79 Å². The number of methoxy groups -OCH3 is 1. The molecule has 0 N–H and O–H groups in total. The Kier molecular flexibility index (Phi) is 4.60. The van der Waals surface area contributed by atoms with Crippen molar-refractivity contribution in [1.82, 2.24) is 19.7 Å². The zero-order valence-corrected chi connectivity index (χ0v) is 13.6. The first-order valence-electron chi connectivity index (χ1n) is 7.96. The van der Waals surface area contributed by atoms with Crippen LogP contribution in [0.3, 0.4) is 0 Å². The predicted molar refractivity (Wildman–Crippen MR) is 86.0 cm³/mol. The lowest BCUT2D eigenvalue weighted by molar-refractivity contribution is -0.132. The summed E-state index contributed by atoms with van der Waals surface area (Å²) in [6.07, 6.45) is 4.74. The van der Waals surface area contributed by atoms with E-state index in [1.807, 2.05) is 34.7 Å². The van der Waals surface area contributed by atoms with E-state index in [-0.39, 0.29) is 11.9 Å². The minimum Gasteiger partial charge on any atom is -0.496 e. The van der Waals surface area contributed by atoms with Crippen molar-refractivity contribution in [2.24, 2.45) is 7.05 Å². The van der Waals surface area contributed by atoms with E-state index >= 15 is 0 Å². The maximum atomic E-state index is 12.7. The molecule has 0 saturated carbocycles. The molecule has 0 radical (unpaired) electrons. The van der Waals surface area contributed by atoms with Crippen LogP contribution in [-0.4, -0.2) is 39.2 Å².